The van der Waals surface area contributed by atoms with Gasteiger partial charge in [0.15, 0.2) is 0 Å². The van der Waals surface area contributed by atoms with Gasteiger partial charge in [-0.05, 0) is 20.3 Å². The van der Waals surface area contributed by atoms with Crippen molar-refractivity contribution in [2.45, 2.75) is 44.8 Å². The third-order valence-electron chi connectivity index (χ3n) is 2.93. The predicted octanol–water partition coefficient (Wildman–Crippen LogP) is -2.61. The highest BCUT2D eigenvalue weighted by Crippen LogP contribution is 1.96. The van der Waals surface area contributed by atoms with Gasteiger partial charge in [0.1, 0.15) is 12.1 Å². The SMILES string of the molecule is C[C@H](NC(=O)CNC(=O)[C@H](C)NC(=O)[C@@H](N)CCC(=O)O)C(=O)O. The van der Waals surface area contributed by atoms with Gasteiger partial charge in [-0.3, -0.25) is 24.0 Å². The lowest BCUT2D eigenvalue weighted by molar-refractivity contribution is -0.141. The molecule has 11 nitrogen and oxygen atoms in total. The number of carbonyl (C=O) groups is 5. The average molecular weight is 346 g/mol. The summed E-state index contributed by atoms with van der Waals surface area (Å²) in [7, 11) is 0. The molecule has 0 aromatic rings. The number of nitrogens with one attached hydrogen (secondary N) is 3. The summed E-state index contributed by atoms with van der Waals surface area (Å²) in [6, 6.07) is -3.17. The van der Waals surface area contributed by atoms with E-state index in [9.17, 15) is 24.0 Å². The highest BCUT2D eigenvalue weighted by atomic mass is 16.4. The number of hydrogen-bond donors (Lipinski definition) is 6. The van der Waals surface area contributed by atoms with E-state index in [0.29, 0.717) is 0 Å². The molecular weight excluding hydrogens is 324 g/mol. The van der Waals surface area contributed by atoms with E-state index in [1.54, 1.807) is 0 Å². The Bertz CT molecular complexity index is 509. The first-order valence-corrected chi connectivity index (χ1v) is 7.12. The minimum absolute atomic E-state index is 0.0784. The van der Waals surface area contributed by atoms with Crippen LogP contribution in [-0.4, -0.2) is 64.5 Å². The molecule has 0 bridgehead atoms. The van der Waals surface area contributed by atoms with Crippen molar-refractivity contribution in [2.24, 2.45) is 5.73 Å². The van der Waals surface area contributed by atoms with E-state index in [1.165, 1.54) is 13.8 Å². The molecule has 0 spiro atoms. The molecule has 0 aliphatic heterocycles. The summed E-state index contributed by atoms with van der Waals surface area (Å²) in [4.78, 5) is 55.8. The molecule has 0 saturated heterocycles. The molecule has 11 heteroatoms. The van der Waals surface area contributed by atoms with Gasteiger partial charge in [0.25, 0.3) is 0 Å². The van der Waals surface area contributed by atoms with Gasteiger partial charge in [-0.15, -0.1) is 0 Å². The van der Waals surface area contributed by atoms with Crippen molar-refractivity contribution in [1.82, 2.24) is 16.0 Å². The number of carbonyl (C=O) groups excluding carboxylic acids is 3. The minimum atomic E-state index is -1.22. The number of amides is 3. The third kappa shape index (κ3) is 8.68. The van der Waals surface area contributed by atoms with Gasteiger partial charge < -0.3 is 31.9 Å². The van der Waals surface area contributed by atoms with Gasteiger partial charge in [-0.1, -0.05) is 0 Å². The van der Waals surface area contributed by atoms with Crippen molar-refractivity contribution < 1.29 is 34.2 Å². The smallest absolute Gasteiger partial charge is 0.325 e. The molecule has 3 amide bonds. The Morgan fingerprint density at radius 3 is 2.04 bits per heavy atom. The standard InChI is InChI=1S/C13H22N4O7/c1-6(17-12(22)8(14)3-4-10(19)20)11(21)15-5-9(18)16-7(2)13(23)24/h6-8H,3-5,14H2,1-2H3,(H,15,21)(H,16,18)(H,17,22)(H,19,20)(H,23,24)/t6-,7-,8-/m0/s1. The van der Waals surface area contributed by atoms with Gasteiger partial charge in [0.05, 0.1) is 12.6 Å². The van der Waals surface area contributed by atoms with E-state index in [4.69, 9.17) is 15.9 Å². The second kappa shape index (κ2) is 10.2. The van der Waals surface area contributed by atoms with Crippen molar-refractivity contribution in [3.05, 3.63) is 0 Å². The van der Waals surface area contributed by atoms with Crippen LogP contribution in [0.5, 0.6) is 0 Å². The quantitative estimate of drug-likeness (QED) is 0.248. The van der Waals surface area contributed by atoms with Gasteiger partial charge in [0, 0.05) is 6.42 Å². The maximum Gasteiger partial charge on any atom is 0.325 e. The lowest BCUT2D eigenvalue weighted by atomic mass is 10.1. The van der Waals surface area contributed by atoms with Crippen LogP contribution in [0.2, 0.25) is 0 Å². The molecule has 0 aromatic heterocycles. The maximum atomic E-state index is 11.7. The van der Waals surface area contributed by atoms with Crippen LogP contribution < -0.4 is 21.7 Å². The molecule has 0 unspecified atom stereocenters. The first-order chi connectivity index (χ1) is 11.0. The summed E-state index contributed by atoms with van der Waals surface area (Å²) in [5.41, 5.74) is 5.49. The fourth-order valence-electron chi connectivity index (χ4n) is 1.47. The number of carboxylic acids is 2. The number of carboxylic acid groups (broad SMARTS) is 2. The van der Waals surface area contributed by atoms with Crippen molar-refractivity contribution in [1.29, 1.82) is 0 Å². The summed E-state index contributed by atoms with van der Waals surface area (Å²) in [5, 5.41) is 23.8. The second-order valence-corrected chi connectivity index (χ2v) is 5.11. The second-order valence-electron chi connectivity index (χ2n) is 5.11. The molecule has 0 aliphatic rings. The zero-order valence-electron chi connectivity index (χ0n) is 13.4. The van der Waals surface area contributed by atoms with E-state index >= 15 is 0 Å². The minimum Gasteiger partial charge on any atom is -0.481 e. The van der Waals surface area contributed by atoms with E-state index in [2.05, 4.69) is 16.0 Å². The van der Waals surface area contributed by atoms with Crippen molar-refractivity contribution in [2.75, 3.05) is 6.54 Å². The number of aliphatic carboxylic acids is 2. The fraction of sp³-hybridized carbons (Fsp3) is 0.615. The monoisotopic (exact) mass is 346 g/mol. The van der Waals surface area contributed by atoms with Gasteiger partial charge in [-0.25, -0.2) is 0 Å². The molecule has 0 radical (unpaired) electrons. The average Bonchev–Trinajstić information content (AvgIpc) is 2.49. The van der Waals surface area contributed by atoms with Crippen LogP contribution in [-0.2, 0) is 24.0 Å². The molecule has 3 atom stereocenters. The van der Waals surface area contributed by atoms with Crippen molar-refractivity contribution in [3.8, 4) is 0 Å². The molecule has 0 aromatic carbocycles. The Morgan fingerprint density at radius 2 is 1.54 bits per heavy atom. The summed E-state index contributed by atoms with van der Waals surface area (Å²) in [6.45, 7) is 2.17. The van der Waals surface area contributed by atoms with Crippen LogP contribution in [0.3, 0.4) is 0 Å². The van der Waals surface area contributed by atoms with Crippen LogP contribution in [0.4, 0.5) is 0 Å². The molecule has 0 heterocycles. The molecule has 0 rings (SSSR count). The highest BCUT2D eigenvalue weighted by molar-refractivity contribution is 5.92. The summed E-state index contributed by atoms with van der Waals surface area (Å²) < 4.78 is 0. The molecule has 7 N–H and O–H groups in total. The fourth-order valence-corrected chi connectivity index (χ4v) is 1.47. The summed E-state index contributed by atoms with van der Waals surface area (Å²) in [6.07, 6.45) is -0.359. The van der Waals surface area contributed by atoms with Crippen LogP contribution >= 0.6 is 0 Å². The van der Waals surface area contributed by atoms with Crippen molar-refractivity contribution in [3.63, 3.8) is 0 Å². The van der Waals surface area contributed by atoms with Crippen LogP contribution in [0.25, 0.3) is 0 Å². The Labute approximate surface area is 138 Å². The number of rotatable bonds is 10. The van der Waals surface area contributed by atoms with E-state index in [0.717, 1.165) is 0 Å². The van der Waals surface area contributed by atoms with E-state index in [-0.39, 0.29) is 12.8 Å². The van der Waals surface area contributed by atoms with Gasteiger partial charge in [-0.2, -0.15) is 0 Å². The molecule has 0 aliphatic carbocycles. The van der Waals surface area contributed by atoms with E-state index < -0.39 is 54.3 Å². The third-order valence-corrected chi connectivity index (χ3v) is 2.93. The first kappa shape index (κ1) is 21.3. The van der Waals surface area contributed by atoms with Crippen LogP contribution in [0, 0.1) is 0 Å². The first-order valence-electron chi connectivity index (χ1n) is 7.12. The van der Waals surface area contributed by atoms with Crippen LogP contribution in [0.15, 0.2) is 0 Å². The topological polar surface area (TPSA) is 188 Å². The zero-order valence-corrected chi connectivity index (χ0v) is 13.4. The Kier molecular flexibility index (Phi) is 9.02. The summed E-state index contributed by atoms with van der Waals surface area (Å²) >= 11 is 0. The number of nitrogens with two attached hydrogens (primary N) is 1. The summed E-state index contributed by atoms with van der Waals surface area (Å²) in [5.74, 6) is -4.37. The molecule has 0 fully saturated rings. The lowest BCUT2D eigenvalue weighted by Gasteiger charge is -2.17. The lowest BCUT2D eigenvalue weighted by Crippen LogP contribution is -2.52. The van der Waals surface area contributed by atoms with Crippen LogP contribution in [0.1, 0.15) is 26.7 Å². The Hall–Kier alpha value is -2.69. The van der Waals surface area contributed by atoms with Crippen molar-refractivity contribution >= 4 is 29.7 Å². The molecule has 136 valence electrons. The Balaban J connectivity index is 4.23. The highest BCUT2D eigenvalue weighted by Gasteiger charge is 2.21. The molecular formula is C13H22N4O7. The van der Waals surface area contributed by atoms with Gasteiger partial charge in [0.2, 0.25) is 17.7 Å². The molecule has 24 heavy (non-hydrogen) atoms. The number of hydrogen-bond acceptors (Lipinski definition) is 6. The normalized spacial score (nSPS) is 14.0. The van der Waals surface area contributed by atoms with Gasteiger partial charge >= 0.3 is 11.9 Å². The largest absolute Gasteiger partial charge is 0.481 e. The Morgan fingerprint density at radius 1 is 0.958 bits per heavy atom. The van der Waals surface area contributed by atoms with E-state index in [1.807, 2.05) is 0 Å². The maximum absolute atomic E-state index is 11.7. The zero-order chi connectivity index (χ0) is 18.9. The molecule has 0 saturated carbocycles. The predicted molar refractivity (Wildman–Crippen MR) is 80.7 cm³/mol.